The van der Waals surface area contributed by atoms with Gasteiger partial charge in [-0.25, -0.2) is 0 Å². The van der Waals surface area contributed by atoms with E-state index in [1.165, 1.54) is 15.8 Å². The minimum atomic E-state index is -0.656. The van der Waals surface area contributed by atoms with Gasteiger partial charge in [0.25, 0.3) is 5.91 Å². The molecule has 0 fully saturated rings. The van der Waals surface area contributed by atoms with E-state index in [4.69, 9.17) is 9.47 Å². The molecule has 0 aliphatic carbocycles. The van der Waals surface area contributed by atoms with Crippen molar-refractivity contribution in [2.24, 2.45) is 0 Å². The molecule has 5 rings (SSSR count). The summed E-state index contributed by atoms with van der Waals surface area (Å²) in [5, 5.41) is 6.31. The molecule has 146 valence electrons. The van der Waals surface area contributed by atoms with Crippen molar-refractivity contribution in [3.63, 3.8) is 0 Å². The number of aromatic amines is 1. The third-order valence-electron chi connectivity index (χ3n) is 5.16. The second-order valence-electron chi connectivity index (χ2n) is 6.97. The molecule has 6 heteroatoms. The van der Waals surface area contributed by atoms with Gasteiger partial charge in [0.15, 0.2) is 11.5 Å². The summed E-state index contributed by atoms with van der Waals surface area (Å²) in [6.45, 7) is 0.697. The van der Waals surface area contributed by atoms with Crippen molar-refractivity contribution < 1.29 is 14.3 Å². The summed E-state index contributed by atoms with van der Waals surface area (Å²) >= 11 is 1.69. The third-order valence-corrected chi connectivity index (χ3v) is 6.15. The second-order valence-corrected chi connectivity index (χ2v) is 7.95. The molecule has 0 spiro atoms. The third kappa shape index (κ3) is 3.47. The lowest BCUT2D eigenvalue weighted by Gasteiger charge is -2.26. The van der Waals surface area contributed by atoms with E-state index < -0.39 is 6.10 Å². The van der Waals surface area contributed by atoms with E-state index in [0.717, 1.165) is 5.52 Å². The maximum absolute atomic E-state index is 12.8. The van der Waals surface area contributed by atoms with Crippen LogP contribution in [0.5, 0.6) is 11.5 Å². The minimum Gasteiger partial charge on any atom is -0.485 e. The van der Waals surface area contributed by atoms with Gasteiger partial charge in [-0.1, -0.05) is 36.4 Å². The Hall–Kier alpha value is -3.25. The molecule has 3 heterocycles. The van der Waals surface area contributed by atoms with E-state index >= 15 is 0 Å². The van der Waals surface area contributed by atoms with Gasteiger partial charge in [-0.3, -0.25) is 4.79 Å². The van der Waals surface area contributed by atoms with Gasteiger partial charge in [0, 0.05) is 34.4 Å². The summed E-state index contributed by atoms with van der Waals surface area (Å²) in [4.78, 5) is 17.3. The summed E-state index contributed by atoms with van der Waals surface area (Å²) in [7, 11) is 0. The van der Waals surface area contributed by atoms with Crippen LogP contribution in [-0.2, 0) is 4.79 Å². The number of amides is 1. The number of carbonyl (C=O) groups excluding carboxylic acids is 1. The number of hydrogen-bond donors (Lipinski definition) is 2. The first-order chi connectivity index (χ1) is 14.3. The molecule has 2 aromatic heterocycles. The van der Waals surface area contributed by atoms with Gasteiger partial charge in [0.1, 0.15) is 6.61 Å². The van der Waals surface area contributed by atoms with Crippen LogP contribution in [0.2, 0.25) is 0 Å². The van der Waals surface area contributed by atoms with Crippen LogP contribution in [0.4, 0.5) is 0 Å². The predicted octanol–water partition coefficient (Wildman–Crippen LogP) is 4.32. The molecule has 2 atom stereocenters. The van der Waals surface area contributed by atoms with E-state index in [0.29, 0.717) is 18.0 Å². The largest absolute Gasteiger partial charge is 0.485 e. The van der Waals surface area contributed by atoms with Gasteiger partial charge in [0.2, 0.25) is 6.10 Å². The van der Waals surface area contributed by atoms with Crippen molar-refractivity contribution >= 4 is 28.1 Å². The Morgan fingerprint density at radius 3 is 2.79 bits per heavy atom. The highest BCUT2D eigenvalue weighted by Gasteiger charge is 2.28. The van der Waals surface area contributed by atoms with Crippen LogP contribution in [0.3, 0.4) is 0 Å². The molecule has 0 saturated heterocycles. The van der Waals surface area contributed by atoms with Gasteiger partial charge in [-0.05, 0) is 35.2 Å². The average molecular weight is 404 g/mol. The zero-order valence-electron chi connectivity index (χ0n) is 15.6. The quantitative estimate of drug-likeness (QED) is 0.521. The Morgan fingerprint density at radius 1 is 1.10 bits per heavy atom. The molecule has 5 nitrogen and oxygen atoms in total. The summed E-state index contributed by atoms with van der Waals surface area (Å²) in [5.41, 5.74) is 2.27. The highest BCUT2D eigenvalue weighted by atomic mass is 32.1. The zero-order chi connectivity index (χ0) is 19.6. The Labute approximate surface area is 172 Å². The Morgan fingerprint density at radius 2 is 1.93 bits per heavy atom. The number of ether oxygens (including phenoxy) is 2. The summed E-state index contributed by atoms with van der Waals surface area (Å²) in [6, 6.07) is 19.8. The second kappa shape index (κ2) is 7.64. The molecule has 0 unspecified atom stereocenters. The number of benzene rings is 2. The van der Waals surface area contributed by atoms with E-state index in [1.54, 1.807) is 11.3 Å². The van der Waals surface area contributed by atoms with Gasteiger partial charge >= 0.3 is 0 Å². The molecule has 0 radical (unpaired) electrons. The lowest BCUT2D eigenvalue weighted by atomic mass is 9.96. The van der Waals surface area contributed by atoms with Crippen LogP contribution < -0.4 is 14.8 Å². The highest BCUT2D eigenvalue weighted by molar-refractivity contribution is 7.10. The monoisotopic (exact) mass is 404 g/mol. The Kier molecular flexibility index (Phi) is 4.69. The van der Waals surface area contributed by atoms with Gasteiger partial charge in [0.05, 0.1) is 0 Å². The van der Waals surface area contributed by atoms with E-state index in [2.05, 4.69) is 33.9 Å². The Balaban J connectivity index is 1.35. The molecule has 0 saturated carbocycles. The van der Waals surface area contributed by atoms with Crippen molar-refractivity contribution in [3.8, 4) is 11.5 Å². The van der Waals surface area contributed by atoms with Crippen LogP contribution in [0, 0.1) is 0 Å². The molecule has 1 aliphatic rings. The molecule has 4 aromatic rings. The molecule has 1 aliphatic heterocycles. The molecule has 2 N–H and O–H groups in total. The summed E-state index contributed by atoms with van der Waals surface area (Å²) in [5.74, 6) is 1.17. The van der Waals surface area contributed by atoms with Gasteiger partial charge < -0.3 is 19.8 Å². The van der Waals surface area contributed by atoms with Crippen LogP contribution in [0.1, 0.15) is 16.4 Å². The standard InChI is InChI=1S/C23H20N2O3S/c26-23(21-14-27-19-8-3-4-9-20(19)28-21)25-13-17(22-10-5-11-29-22)16-12-24-18-7-2-1-6-15(16)18/h1-12,17,21,24H,13-14H2,(H,25,26)/t17-,21-/m0/s1. The SMILES string of the molecule is O=C(NC[C@H](c1cccs1)c1c[nH]c2ccccc12)[C@@H]1COc2ccccc2O1. The smallest absolute Gasteiger partial charge is 0.264 e. The molecular formula is C23H20N2O3S. The van der Waals surface area contributed by atoms with Gasteiger partial charge in [-0.15, -0.1) is 11.3 Å². The van der Waals surface area contributed by atoms with Crippen molar-refractivity contribution in [1.82, 2.24) is 10.3 Å². The fourth-order valence-corrected chi connectivity index (χ4v) is 4.55. The molecule has 2 aromatic carbocycles. The van der Waals surface area contributed by atoms with Crippen LogP contribution >= 0.6 is 11.3 Å². The lowest BCUT2D eigenvalue weighted by molar-refractivity contribution is -0.130. The fraction of sp³-hybridized carbons (Fsp3) is 0.174. The van der Waals surface area contributed by atoms with Crippen molar-refractivity contribution in [2.45, 2.75) is 12.0 Å². The molecule has 29 heavy (non-hydrogen) atoms. The number of para-hydroxylation sites is 3. The number of thiophene rings is 1. The Bertz CT molecular complexity index is 1140. The van der Waals surface area contributed by atoms with E-state index in [9.17, 15) is 4.79 Å². The normalized spacial score (nSPS) is 16.5. The number of hydrogen-bond acceptors (Lipinski definition) is 4. The van der Waals surface area contributed by atoms with Crippen molar-refractivity contribution in [3.05, 3.63) is 82.7 Å². The first-order valence-electron chi connectivity index (χ1n) is 9.55. The average Bonchev–Trinajstić information content (AvgIpc) is 3.44. The van der Waals surface area contributed by atoms with Crippen molar-refractivity contribution in [2.75, 3.05) is 13.2 Å². The highest BCUT2D eigenvalue weighted by Crippen LogP contribution is 2.33. The number of fused-ring (bicyclic) bond motifs is 2. The van der Waals surface area contributed by atoms with Gasteiger partial charge in [-0.2, -0.15) is 0 Å². The maximum atomic E-state index is 12.8. The number of nitrogens with one attached hydrogen (secondary N) is 2. The number of aromatic nitrogens is 1. The number of rotatable bonds is 5. The zero-order valence-corrected chi connectivity index (χ0v) is 16.4. The fourth-order valence-electron chi connectivity index (χ4n) is 3.70. The number of H-pyrrole nitrogens is 1. The number of carbonyl (C=O) groups is 1. The topological polar surface area (TPSA) is 63.4 Å². The van der Waals surface area contributed by atoms with Crippen LogP contribution in [0.15, 0.2) is 72.2 Å². The van der Waals surface area contributed by atoms with Crippen LogP contribution in [-0.4, -0.2) is 30.1 Å². The molecule has 0 bridgehead atoms. The molecular weight excluding hydrogens is 384 g/mol. The summed E-state index contributed by atoms with van der Waals surface area (Å²) in [6.07, 6.45) is 1.38. The van der Waals surface area contributed by atoms with E-state index in [1.807, 2.05) is 48.7 Å². The minimum absolute atomic E-state index is 0.0619. The first kappa shape index (κ1) is 17.8. The van der Waals surface area contributed by atoms with E-state index in [-0.39, 0.29) is 18.4 Å². The van der Waals surface area contributed by atoms with Crippen molar-refractivity contribution in [1.29, 1.82) is 0 Å². The predicted molar refractivity (Wildman–Crippen MR) is 114 cm³/mol. The summed E-state index contributed by atoms with van der Waals surface area (Å²) < 4.78 is 11.5. The molecule has 1 amide bonds. The van der Waals surface area contributed by atoms with Crippen LogP contribution in [0.25, 0.3) is 10.9 Å². The first-order valence-corrected chi connectivity index (χ1v) is 10.4. The maximum Gasteiger partial charge on any atom is 0.264 e. The lowest BCUT2D eigenvalue weighted by Crippen LogP contribution is -2.45.